The molecule has 4 N–H and O–H groups in total. The quantitative estimate of drug-likeness (QED) is 0.237. The number of nitrogen functional groups attached to an aromatic ring is 2. The summed E-state index contributed by atoms with van der Waals surface area (Å²) in [5, 5.41) is -2.19. The van der Waals surface area contributed by atoms with E-state index < -0.39 is 99.1 Å². The van der Waals surface area contributed by atoms with Gasteiger partial charge in [-0.1, -0.05) is 23.2 Å². The van der Waals surface area contributed by atoms with Gasteiger partial charge in [-0.2, -0.15) is 61.5 Å². The molecule has 0 aliphatic carbocycles. The molecule has 0 amide bonds. The summed E-state index contributed by atoms with van der Waals surface area (Å²) in [5.41, 5.74) is -8.05. The van der Waals surface area contributed by atoms with Crippen LogP contribution in [0, 0.1) is 0 Å². The third kappa shape index (κ3) is 8.38. The molecule has 0 unspecified atom stereocenters. The average Bonchev–Trinajstić information content (AvgIpc) is 2.79. The molecule has 2 aromatic carbocycles. The van der Waals surface area contributed by atoms with Crippen molar-refractivity contribution < 1.29 is 92.9 Å². The predicted octanol–water partition coefficient (Wildman–Crippen LogP) is 9.92. The van der Waals surface area contributed by atoms with E-state index in [-0.39, 0.29) is 18.2 Å². The van der Waals surface area contributed by atoms with Gasteiger partial charge in [0.2, 0.25) is 0 Å². The Kier molecular flexibility index (Phi) is 11.2. The Morgan fingerprint density at radius 1 is 0.511 bits per heavy atom. The van der Waals surface area contributed by atoms with Crippen molar-refractivity contribution in [3.8, 4) is 11.5 Å². The zero-order valence-electron chi connectivity index (χ0n) is 20.3. The Hall–Kier alpha value is -3.11. The van der Waals surface area contributed by atoms with Gasteiger partial charge in [-0.05, 0) is 24.3 Å². The van der Waals surface area contributed by atoms with Gasteiger partial charge >= 0.3 is 49.0 Å². The summed E-state index contributed by atoms with van der Waals surface area (Å²) in [6, 6.07) is -0.929. The van der Waals surface area contributed by atoms with Crippen LogP contribution in [-0.4, -0.2) is 37.7 Å². The SMILES string of the molecule is Nc1c(Cl)cc(C(F)(C(F)(F)F)C(F)(F)F)cc1OC(F)(F)F.Nc1c(Cl)cc(C(F)(C(F)(F)F)C(F)(F)F)cc1OC(F)F. The summed E-state index contributed by atoms with van der Waals surface area (Å²) in [5.74, 6) is -3.01. The van der Waals surface area contributed by atoms with E-state index in [0.29, 0.717) is 0 Å². The highest BCUT2D eigenvalue weighted by atomic mass is 35.5. The van der Waals surface area contributed by atoms with Crippen molar-refractivity contribution in [2.45, 2.75) is 49.0 Å². The molecular weight excluding hydrogens is 732 g/mol. The van der Waals surface area contributed by atoms with Crippen LogP contribution in [0.5, 0.6) is 11.5 Å². The van der Waals surface area contributed by atoms with E-state index in [1.807, 2.05) is 0 Å². The Bertz CT molecular complexity index is 1320. The molecule has 0 saturated heterocycles. The van der Waals surface area contributed by atoms with Crippen LogP contribution in [0.15, 0.2) is 24.3 Å². The predicted molar refractivity (Wildman–Crippen MR) is 115 cm³/mol. The van der Waals surface area contributed by atoms with Crippen molar-refractivity contribution >= 4 is 34.6 Å². The third-order valence-corrected chi connectivity index (χ3v) is 5.61. The fourth-order valence-corrected chi connectivity index (χ4v) is 3.38. The Labute approximate surface area is 245 Å². The highest BCUT2D eigenvalue weighted by Crippen LogP contribution is 2.56. The first-order valence-electron chi connectivity index (χ1n) is 10.3. The first kappa shape index (κ1) is 39.9. The number of halogens is 21. The molecule has 0 radical (unpaired) electrons. The largest absolute Gasteiger partial charge is 0.573 e. The van der Waals surface area contributed by atoms with Crippen LogP contribution in [0.2, 0.25) is 10.0 Å². The van der Waals surface area contributed by atoms with Crippen LogP contribution in [0.3, 0.4) is 0 Å². The second-order valence-corrected chi connectivity index (χ2v) is 8.79. The summed E-state index contributed by atoms with van der Waals surface area (Å²) >= 11 is 10.4. The van der Waals surface area contributed by atoms with Crippen molar-refractivity contribution in [2.75, 3.05) is 11.5 Å². The van der Waals surface area contributed by atoms with Crippen LogP contribution < -0.4 is 20.9 Å². The number of anilines is 2. The lowest BCUT2D eigenvalue weighted by Gasteiger charge is -2.30. The molecule has 4 nitrogen and oxygen atoms in total. The molecule has 0 spiro atoms. The van der Waals surface area contributed by atoms with Crippen molar-refractivity contribution in [3.05, 3.63) is 45.4 Å². The third-order valence-electron chi connectivity index (χ3n) is 4.98. The molecule has 0 aliphatic rings. The van der Waals surface area contributed by atoms with E-state index in [4.69, 9.17) is 34.7 Å². The summed E-state index contributed by atoms with van der Waals surface area (Å²) in [7, 11) is 0. The van der Waals surface area contributed by atoms with E-state index in [1.165, 1.54) is 0 Å². The number of rotatable bonds is 5. The summed E-state index contributed by atoms with van der Waals surface area (Å²) < 4.78 is 245. The minimum Gasteiger partial charge on any atom is -0.433 e. The van der Waals surface area contributed by atoms with Crippen molar-refractivity contribution in [2.24, 2.45) is 0 Å². The van der Waals surface area contributed by atoms with Gasteiger partial charge in [-0.25, -0.2) is 8.78 Å². The molecule has 0 heterocycles. The summed E-state index contributed by atoms with van der Waals surface area (Å²) in [4.78, 5) is 0. The lowest BCUT2D eigenvalue weighted by molar-refractivity contribution is -0.349. The molecule has 0 aromatic heterocycles. The highest BCUT2D eigenvalue weighted by molar-refractivity contribution is 6.33. The minimum absolute atomic E-state index is 0.0593. The monoisotopic (exact) mass is 740 g/mol. The number of benzene rings is 2. The Morgan fingerprint density at radius 2 is 0.800 bits per heavy atom. The highest BCUT2D eigenvalue weighted by Gasteiger charge is 2.74. The standard InChI is InChI=1S/C10H4ClF10NO.C10H5ClF9NO/c11-4-1-3(2-5(6(4)22)23-10(19,20)21)7(12,8(13,14)15)9(16,17)18;11-4-1-3(2-5(6(4)21)22-7(12)13)8(14,9(15,16)17)10(18,19)20/h1-2H,22H2;1-2,7H,21H2. The number of hydrogen-bond donors (Lipinski definition) is 2. The first-order chi connectivity index (χ1) is 19.7. The molecule has 0 bridgehead atoms. The van der Waals surface area contributed by atoms with Crippen molar-refractivity contribution in [3.63, 3.8) is 0 Å². The zero-order chi connectivity index (χ0) is 35.9. The number of hydrogen-bond acceptors (Lipinski definition) is 4. The van der Waals surface area contributed by atoms with Gasteiger partial charge in [-0.3, -0.25) is 0 Å². The van der Waals surface area contributed by atoms with Crippen LogP contribution in [0.4, 0.5) is 94.8 Å². The molecule has 2 rings (SSSR count). The van der Waals surface area contributed by atoms with E-state index in [1.54, 1.807) is 0 Å². The maximum absolute atomic E-state index is 13.8. The topological polar surface area (TPSA) is 70.5 Å². The normalized spacial score (nSPS) is 13.8. The van der Waals surface area contributed by atoms with Gasteiger partial charge in [0.05, 0.1) is 21.4 Å². The minimum atomic E-state index is -6.53. The van der Waals surface area contributed by atoms with Gasteiger partial charge in [0.15, 0.2) is 11.5 Å². The maximum Gasteiger partial charge on any atom is 0.573 e. The molecular formula is C20H9Cl2F19N2O2. The molecule has 2 aromatic rings. The number of alkyl halides is 19. The Morgan fingerprint density at radius 3 is 1.07 bits per heavy atom. The van der Waals surface area contributed by atoms with Crippen LogP contribution in [0.1, 0.15) is 11.1 Å². The van der Waals surface area contributed by atoms with Gasteiger partial charge in [0.25, 0.3) is 0 Å². The van der Waals surface area contributed by atoms with E-state index in [0.717, 1.165) is 0 Å². The van der Waals surface area contributed by atoms with E-state index in [2.05, 4.69) is 9.47 Å². The van der Waals surface area contributed by atoms with Crippen molar-refractivity contribution in [1.29, 1.82) is 0 Å². The molecule has 0 fully saturated rings. The van der Waals surface area contributed by atoms with E-state index in [9.17, 15) is 83.4 Å². The lowest BCUT2D eigenvalue weighted by Crippen LogP contribution is -2.50. The summed E-state index contributed by atoms with van der Waals surface area (Å²) in [6.07, 6.45) is -31.4. The lowest BCUT2D eigenvalue weighted by atomic mass is 9.93. The maximum atomic E-state index is 13.8. The molecule has 258 valence electrons. The molecule has 45 heavy (non-hydrogen) atoms. The molecule has 0 aliphatic heterocycles. The average molecular weight is 741 g/mol. The fourth-order valence-electron chi connectivity index (χ4n) is 2.96. The van der Waals surface area contributed by atoms with Gasteiger partial charge < -0.3 is 20.9 Å². The Balaban J connectivity index is 0.000000450. The molecule has 0 saturated carbocycles. The van der Waals surface area contributed by atoms with Gasteiger partial charge in [0, 0.05) is 11.1 Å². The molecule has 0 atom stereocenters. The molecule has 25 heteroatoms. The second-order valence-electron chi connectivity index (χ2n) is 7.97. The first-order valence-corrected chi connectivity index (χ1v) is 11.0. The van der Waals surface area contributed by atoms with Gasteiger partial charge in [0.1, 0.15) is 0 Å². The fraction of sp³-hybridized carbons (Fsp3) is 0.400. The van der Waals surface area contributed by atoms with Crippen molar-refractivity contribution in [1.82, 2.24) is 0 Å². The van der Waals surface area contributed by atoms with Crippen LogP contribution in [0.25, 0.3) is 0 Å². The van der Waals surface area contributed by atoms with Gasteiger partial charge in [-0.15, -0.1) is 13.2 Å². The smallest absolute Gasteiger partial charge is 0.433 e. The number of nitrogens with two attached hydrogens (primary N) is 2. The summed E-state index contributed by atoms with van der Waals surface area (Å²) in [6.45, 7) is -3.63. The second kappa shape index (κ2) is 12.6. The van der Waals surface area contributed by atoms with Crippen LogP contribution in [-0.2, 0) is 11.3 Å². The van der Waals surface area contributed by atoms with E-state index >= 15 is 0 Å². The van der Waals surface area contributed by atoms with Crippen LogP contribution >= 0.6 is 23.2 Å². The zero-order valence-corrected chi connectivity index (χ0v) is 21.8. The number of ether oxygens (including phenoxy) is 2.